The van der Waals surface area contributed by atoms with Crippen molar-refractivity contribution >= 4 is 5.96 Å². The van der Waals surface area contributed by atoms with Gasteiger partial charge in [-0.3, -0.25) is 9.67 Å². The van der Waals surface area contributed by atoms with Gasteiger partial charge in [0, 0.05) is 33.9 Å². The fourth-order valence-corrected chi connectivity index (χ4v) is 1.78. The molecular weight excluding hydrogens is 256 g/mol. The van der Waals surface area contributed by atoms with Crippen LogP contribution in [0.25, 0.3) is 0 Å². The molecule has 0 aliphatic heterocycles. The van der Waals surface area contributed by atoms with E-state index < -0.39 is 0 Å². The Morgan fingerprint density at radius 3 is 3.00 bits per heavy atom. The maximum atomic E-state index is 5.59. The minimum absolute atomic E-state index is 0.606. The number of nitrogens with one attached hydrogen (secondary N) is 2. The molecule has 0 spiro atoms. The Labute approximate surface area is 119 Å². The highest BCUT2D eigenvalue weighted by molar-refractivity contribution is 5.79. The molecule has 2 N–H and O–H groups in total. The van der Waals surface area contributed by atoms with Crippen molar-refractivity contribution in [1.29, 1.82) is 0 Å². The molecule has 0 saturated heterocycles. The normalized spacial score (nSPS) is 15.4. The van der Waals surface area contributed by atoms with Gasteiger partial charge in [-0.15, -0.1) is 0 Å². The van der Waals surface area contributed by atoms with Crippen LogP contribution in [0.15, 0.2) is 11.3 Å². The first-order valence-electron chi connectivity index (χ1n) is 7.14. The van der Waals surface area contributed by atoms with Crippen molar-refractivity contribution in [1.82, 2.24) is 25.4 Å². The highest BCUT2D eigenvalue weighted by Gasteiger charge is 2.20. The number of hydrogen-bond acceptors (Lipinski definition) is 4. The van der Waals surface area contributed by atoms with Crippen molar-refractivity contribution in [3.63, 3.8) is 0 Å². The molecule has 1 aliphatic rings. The number of guanidine groups is 1. The quantitative estimate of drug-likeness (QED) is 0.407. The third-order valence-corrected chi connectivity index (χ3v) is 3.25. The summed E-state index contributed by atoms with van der Waals surface area (Å²) in [4.78, 5) is 8.32. The van der Waals surface area contributed by atoms with Crippen molar-refractivity contribution < 1.29 is 4.74 Å². The Morgan fingerprint density at radius 1 is 1.50 bits per heavy atom. The highest BCUT2D eigenvalue weighted by Crippen LogP contribution is 2.28. The Kier molecular flexibility index (Phi) is 5.79. The van der Waals surface area contributed by atoms with E-state index in [-0.39, 0.29) is 0 Å². The Balaban J connectivity index is 1.54. The van der Waals surface area contributed by atoms with Crippen LogP contribution in [0.3, 0.4) is 0 Å². The summed E-state index contributed by atoms with van der Waals surface area (Å²) in [5.41, 5.74) is 0. The van der Waals surface area contributed by atoms with E-state index in [1.165, 1.54) is 12.8 Å². The zero-order valence-electron chi connectivity index (χ0n) is 12.3. The van der Waals surface area contributed by atoms with E-state index in [4.69, 9.17) is 4.74 Å². The second-order valence-electron chi connectivity index (χ2n) is 5.02. The van der Waals surface area contributed by atoms with Gasteiger partial charge in [0.25, 0.3) is 0 Å². The average molecular weight is 280 g/mol. The summed E-state index contributed by atoms with van der Waals surface area (Å²) in [6.45, 7) is 3.19. The number of nitrogens with zero attached hydrogens (tertiary/aromatic N) is 4. The smallest absolute Gasteiger partial charge is 0.191 e. The summed E-state index contributed by atoms with van der Waals surface area (Å²) in [5, 5.41) is 10.5. The van der Waals surface area contributed by atoms with Gasteiger partial charge in [-0.05, 0) is 25.2 Å². The van der Waals surface area contributed by atoms with Gasteiger partial charge in [0.05, 0.1) is 6.54 Å². The van der Waals surface area contributed by atoms with E-state index in [0.29, 0.717) is 6.54 Å². The molecule has 1 aliphatic carbocycles. The molecule has 0 bridgehead atoms. The van der Waals surface area contributed by atoms with Crippen LogP contribution in [-0.2, 0) is 18.3 Å². The molecule has 0 unspecified atom stereocenters. The molecule has 112 valence electrons. The van der Waals surface area contributed by atoms with Crippen LogP contribution in [-0.4, -0.2) is 47.5 Å². The van der Waals surface area contributed by atoms with Crippen LogP contribution in [0.2, 0.25) is 0 Å². The van der Waals surface area contributed by atoms with Crippen molar-refractivity contribution in [2.45, 2.75) is 25.8 Å². The van der Waals surface area contributed by atoms with Crippen molar-refractivity contribution in [2.75, 3.05) is 26.8 Å². The molecule has 1 heterocycles. The second-order valence-corrected chi connectivity index (χ2v) is 5.02. The summed E-state index contributed by atoms with van der Waals surface area (Å²) < 4.78 is 7.33. The average Bonchev–Trinajstić information content (AvgIpc) is 3.19. The van der Waals surface area contributed by atoms with Gasteiger partial charge in [-0.1, -0.05) is 0 Å². The maximum absolute atomic E-state index is 5.59. The molecule has 0 atom stereocenters. The molecule has 0 amide bonds. The van der Waals surface area contributed by atoms with Gasteiger partial charge < -0.3 is 15.4 Å². The lowest BCUT2D eigenvalue weighted by atomic mass is 10.4. The summed E-state index contributed by atoms with van der Waals surface area (Å²) >= 11 is 0. The number of aromatic nitrogens is 3. The molecule has 1 aromatic rings. The fourth-order valence-electron chi connectivity index (χ4n) is 1.78. The number of hydrogen-bond donors (Lipinski definition) is 2. The maximum Gasteiger partial charge on any atom is 0.191 e. The number of ether oxygens (including phenoxy) is 1. The Morgan fingerprint density at radius 2 is 2.35 bits per heavy atom. The molecule has 2 rings (SSSR count). The Bertz CT molecular complexity index is 426. The van der Waals surface area contributed by atoms with Crippen LogP contribution in [0.1, 0.15) is 25.1 Å². The number of aliphatic imine (C=N–C) groups is 1. The zero-order chi connectivity index (χ0) is 14.2. The second kappa shape index (κ2) is 7.84. The number of aryl methyl sites for hydroxylation is 1. The van der Waals surface area contributed by atoms with Crippen molar-refractivity contribution in [3.05, 3.63) is 12.2 Å². The molecule has 20 heavy (non-hydrogen) atoms. The van der Waals surface area contributed by atoms with Crippen LogP contribution < -0.4 is 10.6 Å². The van der Waals surface area contributed by atoms with Crippen LogP contribution in [0.5, 0.6) is 0 Å². The lowest BCUT2D eigenvalue weighted by molar-refractivity contribution is 0.123. The van der Waals surface area contributed by atoms with Crippen molar-refractivity contribution in [2.24, 2.45) is 18.0 Å². The van der Waals surface area contributed by atoms with Crippen LogP contribution in [0, 0.1) is 5.92 Å². The van der Waals surface area contributed by atoms with Crippen molar-refractivity contribution in [3.8, 4) is 0 Å². The van der Waals surface area contributed by atoms with E-state index in [2.05, 4.69) is 25.7 Å². The summed E-state index contributed by atoms with van der Waals surface area (Å²) in [7, 11) is 3.63. The fraction of sp³-hybridized carbons (Fsp3) is 0.769. The van der Waals surface area contributed by atoms with E-state index in [1.807, 2.05) is 7.05 Å². The van der Waals surface area contributed by atoms with E-state index in [0.717, 1.165) is 43.9 Å². The largest absolute Gasteiger partial charge is 0.381 e. The third kappa shape index (κ3) is 5.16. The van der Waals surface area contributed by atoms with E-state index in [9.17, 15) is 0 Å². The predicted molar refractivity (Wildman–Crippen MR) is 77.4 cm³/mol. The predicted octanol–water partition coefficient (Wildman–Crippen LogP) is 0.297. The molecule has 0 aromatic carbocycles. The molecular formula is C13H24N6O. The minimum Gasteiger partial charge on any atom is -0.381 e. The van der Waals surface area contributed by atoms with Gasteiger partial charge >= 0.3 is 0 Å². The standard InChI is InChI=1S/C13H24N6O/c1-14-13(16-8-12-17-10-18-19(12)2)15-6-3-7-20-9-11-4-5-11/h10-11H,3-9H2,1-2H3,(H2,14,15,16). The SMILES string of the molecule is CN=C(NCCCOCC1CC1)NCc1ncnn1C. The molecule has 1 aromatic heterocycles. The summed E-state index contributed by atoms with van der Waals surface area (Å²) in [6, 6.07) is 0. The van der Waals surface area contributed by atoms with Gasteiger partial charge in [-0.2, -0.15) is 5.10 Å². The van der Waals surface area contributed by atoms with E-state index in [1.54, 1.807) is 18.1 Å². The third-order valence-electron chi connectivity index (χ3n) is 3.25. The van der Waals surface area contributed by atoms with Gasteiger partial charge in [0.2, 0.25) is 0 Å². The minimum atomic E-state index is 0.606. The monoisotopic (exact) mass is 280 g/mol. The van der Waals surface area contributed by atoms with Gasteiger partial charge in [-0.25, -0.2) is 4.98 Å². The van der Waals surface area contributed by atoms with Crippen LogP contribution >= 0.6 is 0 Å². The number of rotatable bonds is 8. The topological polar surface area (TPSA) is 76.4 Å². The first kappa shape index (κ1) is 14.8. The van der Waals surface area contributed by atoms with Gasteiger partial charge in [0.15, 0.2) is 5.96 Å². The van der Waals surface area contributed by atoms with E-state index >= 15 is 0 Å². The molecule has 1 saturated carbocycles. The zero-order valence-corrected chi connectivity index (χ0v) is 12.3. The molecule has 0 radical (unpaired) electrons. The summed E-state index contributed by atoms with van der Waals surface area (Å²) in [5.74, 6) is 2.49. The molecule has 7 heteroatoms. The Hall–Kier alpha value is -1.63. The molecule has 7 nitrogen and oxygen atoms in total. The molecule has 1 fully saturated rings. The summed E-state index contributed by atoms with van der Waals surface area (Å²) in [6.07, 6.45) is 5.22. The van der Waals surface area contributed by atoms with Crippen LogP contribution in [0.4, 0.5) is 0 Å². The lowest BCUT2D eigenvalue weighted by Gasteiger charge is -2.11. The highest BCUT2D eigenvalue weighted by atomic mass is 16.5. The van der Waals surface area contributed by atoms with Gasteiger partial charge in [0.1, 0.15) is 12.2 Å². The first-order valence-corrected chi connectivity index (χ1v) is 7.14. The first-order chi connectivity index (χ1) is 9.79. The lowest BCUT2D eigenvalue weighted by Crippen LogP contribution is -2.38.